The van der Waals surface area contributed by atoms with Crippen molar-refractivity contribution in [2.24, 2.45) is 0 Å². The summed E-state index contributed by atoms with van der Waals surface area (Å²) >= 11 is 0. The first kappa shape index (κ1) is 12.8. The summed E-state index contributed by atoms with van der Waals surface area (Å²) < 4.78 is 6.14. The minimum Gasteiger partial charge on any atom is -0.481 e. The predicted molar refractivity (Wildman–Crippen MR) is 67.6 cm³/mol. The van der Waals surface area contributed by atoms with E-state index in [0.717, 1.165) is 4.57 Å². The molecule has 0 amide bonds. The summed E-state index contributed by atoms with van der Waals surface area (Å²) in [4.78, 5) is 27.0. The van der Waals surface area contributed by atoms with Gasteiger partial charge in [-0.15, -0.1) is 0 Å². The summed E-state index contributed by atoms with van der Waals surface area (Å²) in [5.74, 6) is -0.737. The molecule has 98 valence electrons. The van der Waals surface area contributed by atoms with Crippen LogP contribution in [0.4, 0.5) is 0 Å². The van der Waals surface area contributed by atoms with Gasteiger partial charge in [0.1, 0.15) is 5.69 Å². The maximum absolute atomic E-state index is 11.7. The van der Waals surface area contributed by atoms with Gasteiger partial charge in [0.15, 0.2) is 0 Å². The second-order valence-electron chi connectivity index (χ2n) is 3.81. The van der Waals surface area contributed by atoms with Crippen LogP contribution in [0, 0.1) is 0 Å². The second kappa shape index (κ2) is 5.34. The highest BCUT2D eigenvalue weighted by atomic mass is 16.5. The number of carboxylic acids is 1. The van der Waals surface area contributed by atoms with Crippen molar-refractivity contribution in [1.82, 2.24) is 9.55 Å². The van der Waals surface area contributed by atoms with Crippen molar-refractivity contribution in [3.63, 3.8) is 0 Å². The number of nitrogens with zero attached hydrogens (tertiary/aromatic N) is 2. The van der Waals surface area contributed by atoms with E-state index in [1.807, 2.05) is 0 Å². The zero-order valence-electron chi connectivity index (χ0n) is 10.2. The fourth-order valence-corrected chi connectivity index (χ4v) is 1.69. The molecule has 2 aromatic rings. The normalized spacial score (nSPS) is 10.2. The Labute approximate surface area is 108 Å². The Kier molecular flexibility index (Phi) is 3.61. The van der Waals surface area contributed by atoms with Crippen LogP contribution >= 0.6 is 0 Å². The summed E-state index contributed by atoms with van der Waals surface area (Å²) in [5, 5.41) is 9.06. The molecule has 0 saturated heterocycles. The molecule has 6 nitrogen and oxygen atoms in total. The topological polar surface area (TPSA) is 81.4 Å². The molecule has 0 radical (unpaired) electrons. The summed E-state index contributed by atoms with van der Waals surface area (Å²) in [6.07, 6.45) is 0. The van der Waals surface area contributed by atoms with E-state index < -0.39 is 5.97 Å². The Morgan fingerprint density at radius 3 is 2.74 bits per heavy atom. The zero-order chi connectivity index (χ0) is 13.8. The highest BCUT2D eigenvalue weighted by Gasteiger charge is 2.11. The molecule has 2 heterocycles. The third-order valence-electron chi connectivity index (χ3n) is 2.58. The van der Waals surface area contributed by atoms with Crippen molar-refractivity contribution in [3.05, 3.63) is 58.1 Å². The number of carbonyl (C=O) groups is 1. The molecule has 0 fully saturated rings. The maximum atomic E-state index is 11.7. The summed E-state index contributed by atoms with van der Waals surface area (Å²) in [6.45, 7) is 0.0819. The van der Waals surface area contributed by atoms with Gasteiger partial charge in [-0.05, 0) is 12.1 Å². The Morgan fingerprint density at radius 2 is 2.05 bits per heavy atom. The van der Waals surface area contributed by atoms with E-state index in [-0.39, 0.29) is 17.8 Å². The smallest absolute Gasteiger partial charge is 0.352 e. The molecule has 2 aromatic heterocycles. The third-order valence-corrected chi connectivity index (χ3v) is 2.58. The number of aromatic nitrogens is 2. The summed E-state index contributed by atoms with van der Waals surface area (Å²) in [5.41, 5.74) is 0.0942. The third kappa shape index (κ3) is 2.79. The number of carboxylic acid groups (broad SMARTS) is 1. The lowest BCUT2D eigenvalue weighted by Crippen LogP contribution is -2.25. The average molecular weight is 260 g/mol. The molecule has 0 aliphatic carbocycles. The van der Waals surface area contributed by atoms with E-state index in [4.69, 9.17) is 9.84 Å². The number of methoxy groups -OCH3 is 1. The molecular weight excluding hydrogens is 248 g/mol. The maximum Gasteiger partial charge on any atom is 0.352 e. The SMILES string of the molecule is COc1cccc(Cn2c(C(=O)O)cccc2=O)n1. The van der Waals surface area contributed by atoms with Gasteiger partial charge in [0.2, 0.25) is 5.88 Å². The molecule has 0 aliphatic heterocycles. The Balaban J connectivity index is 2.43. The van der Waals surface area contributed by atoms with Gasteiger partial charge in [0.25, 0.3) is 5.56 Å². The fraction of sp³-hybridized carbons (Fsp3) is 0.154. The molecule has 6 heteroatoms. The van der Waals surface area contributed by atoms with Crippen LogP contribution in [0.3, 0.4) is 0 Å². The van der Waals surface area contributed by atoms with Gasteiger partial charge in [-0.2, -0.15) is 0 Å². The number of aromatic carboxylic acids is 1. The van der Waals surface area contributed by atoms with Crippen molar-refractivity contribution in [1.29, 1.82) is 0 Å². The minimum absolute atomic E-state index is 0.0721. The molecule has 0 spiro atoms. The van der Waals surface area contributed by atoms with Gasteiger partial charge in [-0.1, -0.05) is 12.1 Å². The standard InChI is InChI=1S/C13H12N2O4/c1-19-11-6-2-4-9(14-11)8-15-10(13(17)18)5-3-7-12(15)16/h2-7H,8H2,1H3,(H,17,18). The Morgan fingerprint density at radius 1 is 1.32 bits per heavy atom. The van der Waals surface area contributed by atoms with E-state index in [2.05, 4.69) is 4.98 Å². The molecule has 0 saturated carbocycles. The molecule has 2 rings (SSSR count). The van der Waals surface area contributed by atoms with Crippen LogP contribution in [0.5, 0.6) is 5.88 Å². The molecule has 0 aromatic carbocycles. The Bertz CT molecular complexity index is 664. The van der Waals surface area contributed by atoms with E-state index in [0.29, 0.717) is 11.6 Å². The van der Waals surface area contributed by atoms with E-state index >= 15 is 0 Å². The number of pyridine rings is 2. The van der Waals surface area contributed by atoms with Gasteiger partial charge in [-0.3, -0.25) is 9.36 Å². The first-order valence-electron chi connectivity index (χ1n) is 5.55. The second-order valence-corrected chi connectivity index (χ2v) is 3.81. The monoisotopic (exact) mass is 260 g/mol. The van der Waals surface area contributed by atoms with E-state index in [1.165, 1.54) is 25.3 Å². The van der Waals surface area contributed by atoms with Crippen molar-refractivity contribution >= 4 is 5.97 Å². The van der Waals surface area contributed by atoms with Crippen LogP contribution in [0.1, 0.15) is 16.2 Å². The molecule has 0 atom stereocenters. The molecule has 0 aliphatic rings. The minimum atomic E-state index is -1.15. The molecular formula is C13H12N2O4. The Hall–Kier alpha value is -2.63. The fourth-order valence-electron chi connectivity index (χ4n) is 1.69. The van der Waals surface area contributed by atoms with Crippen LogP contribution in [0.2, 0.25) is 0 Å². The first-order valence-corrected chi connectivity index (χ1v) is 5.55. The molecule has 1 N–H and O–H groups in total. The number of hydrogen-bond donors (Lipinski definition) is 1. The molecule has 19 heavy (non-hydrogen) atoms. The highest BCUT2D eigenvalue weighted by molar-refractivity contribution is 5.85. The van der Waals surface area contributed by atoms with Crippen molar-refractivity contribution in [2.45, 2.75) is 6.54 Å². The van der Waals surface area contributed by atoms with Gasteiger partial charge < -0.3 is 9.84 Å². The predicted octanol–water partition coefficient (Wildman–Crippen LogP) is 0.998. The van der Waals surface area contributed by atoms with Crippen LogP contribution in [-0.4, -0.2) is 27.7 Å². The van der Waals surface area contributed by atoms with Crippen LogP contribution < -0.4 is 10.3 Å². The van der Waals surface area contributed by atoms with Crippen LogP contribution in [-0.2, 0) is 6.54 Å². The largest absolute Gasteiger partial charge is 0.481 e. The van der Waals surface area contributed by atoms with E-state index in [1.54, 1.807) is 18.2 Å². The lowest BCUT2D eigenvalue weighted by atomic mass is 10.3. The average Bonchev–Trinajstić information content (AvgIpc) is 2.41. The van der Waals surface area contributed by atoms with Gasteiger partial charge >= 0.3 is 5.97 Å². The zero-order valence-corrected chi connectivity index (χ0v) is 10.2. The van der Waals surface area contributed by atoms with Gasteiger partial charge in [-0.25, -0.2) is 9.78 Å². The molecule has 0 unspecified atom stereocenters. The lowest BCUT2D eigenvalue weighted by Gasteiger charge is -2.09. The van der Waals surface area contributed by atoms with Crippen LogP contribution in [0.15, 0.2) is 41.2 Å². The quantitative estimate of drug-likeness (QED) is 0.886. The van der Waals surface area contributed by atoms with Crippen LogP contribution in [0.25, 0.3) is 0 Å². The number of hydrogen-bond acceptors (Lipinski definition) is 4. The summed E-state index contributed by atoms with van der Waals surface area (Å²) in [6, 6.07) is 9.22. The van der Waals surface area contributed by atoms with Gasteiger partial charge in [0, 0.05) is 12.1 Å². The summed E-state index contributed by atoms with van der Waals surface area (Å²) in [7, 11) is 1.49. The number of ether oxygens (including phenoxy) is 1. The lowest BCUT2D eigenvalue weighted by molar-refractivity contribution is 0.0684. The first-order chi connectivity index (χ1) is 9.11. The molecule has 0 bridgehead atoms. The van der Waals surface area contributed by atoms with Crippen molar-refractivity contribution < 1.29 is 14.6 Å². The highest BCUT2D eigenvalue weighted by Crippen LogP contribution is 2.08. The van der Waals surface area contributed by atoms with Crippen molar-refractivity contribution in [3.8, 4) is 5.88 Å². The van der Waals surface area contributed by atoms with E-state index in [9.17, 15) is 9.59 Å². The number of rotatable bonds is 4. The van der Waals surface area contributed by atoms with Gasteiger partial charge in [0.05, 0.1) is 19.3 Å². The van der Waals surface area contributed by atoms with Crippen molar-refractivity contribution in [2.75, 3.05) is 7.11 Å².